The van der Waals surface area contributed by atoms with Gasteiger partial charge >= 0.3 is 59.1 Å². The third-order valence-corrected chi connectivity index (χ3v) is 1.99. The van der Waals surface area contributed by atoms with Crippen molar-refractivity contribution in [1.82, 2.24) is 0 Å². The molecule has 0 fully saturated rings. The van der Waals surface area contributed by atoms with E-state index >= 15 is 0 Å². The second-order valence-corrected chi connectivity index (χ2v) is 3.23. The molecule has 0 radical (unpaired) electrons. The quantitative estimate of drug-likeness (QED) is 0.180. The molecule has 0 unspecified atom stereocenters. The van der Waals surface area contributed by atoms with Gasteiger partial charge in [0.2, 0.25) is 5.78 Å². The van der Waals surface area contributed by atoms with Crippen LogP contribution in [0.1, 0.15) is 11.1 Å². The second kappa shape index (κ2) is 10.9. The van der Waals surface area contributed by atoms with Crippen LogP contribution in [0, 0.1) is 11.3 Å². The zero-order valence-corrected chi connectivity index (χ0v) is 15.1. The molecule has 0 amide bonds. The van der Waals surface area contributed by atoms with Crippen molar-refractivity contribution in [1.29, 1.82) is 5.26 Å². The summed E-state index contributed by atoms with van der Waals surface area (Å²) in [5.74, 6) is -3.44. The number of nitriles is 1. The largest absolute Gasteiger partial charge is 1.00 e. The van der Waals surface area contributed by atoms with Crippen LogP contribution in [0.2, 0.25) is 0 Å². The Hall–Kier alpha value is -0.870. The van der Waals surface area contributed by atoms with Gasteiger partial charge in [-0.2, -0.15) is 5.26 Å². The number of rotatable bonds is 4. The minimum atomic E-state index is -1.83. The zero-order valence-electron chi connectivity index (χ0n) is 11.1. The van der Waals surface area contributed by atoms with E-state index in [0.29, 0.717) is 11.1 Å². The first-order valence-corrected chi connectivity index (χ1v) is 4.86. The van der Waals surface area contributed by atoms with Crippen LogP contribution in [0.5, 0.6) is 0 Å². The molecule has 0 heterocycles. The number of carboxylic acid groups (broad SMARTS) is 1. The van der Waals surface area contributed by atoms with Crippen LogP contribution in [-0.2, 0) is 9.59 Å². The summed E-state index contributed by atoms with van der Waals surface area (Å²) in [7, 11) is 0. The molecule has 7 heteroatoms. The van der Waals surface area contributed by atoms with E-state index in [-0.39, 0.29) is 59.1 Å². The molecule has 0 aliphatic heterocycles. The minimum Gasteiger partial charge on any atom is -0.872 e. The number of benzene rings is 1. The van der Waals surface area contributed by atoms with E-state index in [4.69, 9.17) is 5.26 Å². The van der Waals surface area contributed by atoms with Crippen molar-refractivity contribution in [2.75, 3.05) is 0 Å². The summed E-state index contributed by atoms with van der Waals surface area (Å²) in [6, 6.07) is 7.81. The minimum absolute atomic E-state index is 0. The maximum atomic E-state index is 11.5. The average Bonchev–Trinajstić information content (AvgIpc) is 2.38. The Bertz CT molecular complexity index is 571. The zero-order chi connectivity index (χ0) is 13.5. The molecule has 0 aliphatic carbocycles. The Morgan fingerprint density at radius 3 is 2.10 bits per heavy atom. The van der Waals surface area contributed by atoms with Gasteiger partial charge in [-0.1, -0.05) is 24.3 Å². The van der Waals surface area contributed by atoms with Crippen LogP contribution in [0.4, 0.5) is 0 Å². The SMILES string of the molecule is N#Cc1ccc(/C([O-])=C/C=C/C(=O)C(=O)[O-])cc1.[Na+].[Na+]. The first kappa shape index (κ1) is 21.4. The van der Waals surface area contributed by atoms with Crippen LogP contribution >= 0.6 is 0 Å². The Kier molecular flexibility index (Phi) is 11.6. The monoisotopic (exact) mass is 287 g/mol. The maximum Gasteiger partial charge on any atom is 1.00 e. The summed E-state index contributed by atoms with van der Waals surface area (Å²) in [4.78, 5) is 20.7. The van der Waals surface area contributed by atoms with Crippen molar-refractivity contribution in [3.63, 3.8) is 0 Å². The smallest absolute Gasteiger partial charge is 0.872 e. The predicted molar refractivity (Wildman–Crippen MR) is 58.3 cm³/mol. The van der Waals surface area contributed by atoms with Crippen molar-refractivity contribution < 1.29 is 78.9 Å². The van der Waals surface area contributed by atoms with Crippen LogP contribution in [0.3, 0.4) is 0 Å². The molecule has 1 rings (SSSR count). The first-order valence-electron chi connectivity index (χ1n) is 4.86. The van der Waals surface area contributed by atoms with E-state index < -0.39 is 17.5 Å². The molecule has 0 atom stereocenters. The van der Waals surface area contributed by atoms with Crippen molar-refractivity contribution in [2.24, 2.45) is 0 Å². The molecule has 90 valence electrons. The number of nitrogens with zero attached hydrogens (tertiary/aromatic N) is 1. The van der Waals surface area contributed by atoms with Crippen LogP contribution < -0.4 is 69.3 Å². The van der Waals surface area contributed by atoms with E-state index in [0.717, 1.165) is 18.2 Å². The number of hydrogen-bond acceptors (Lipinski definition) is 5. The van der Waals surface area contributed by atoms with E-state index in [9.17, 15) is 19.8 Å². The number of ketones is 1. The normalized spacial score (nSPS) is 10.1. The van der Waals surface area contributed by atoms with Gasteiger partial charge in [0.05, 0.1) is 11.6 Å². The summed E-state index contributed by atoms with van der Waals surface area (Å²) in [6.07, 6.45) is 2.83. The Morgan fingerprint density at radius 2 is 1.65 bits per heavy atom. The van der Waals surface area contributed by atoms with Crippen molar-refractivity contribution >= 4 is 17.5 Å². The predicted octanol–water partition coefficient (Wildman–Crippen LogP) is -6.86. The van der Waals surface area contributed by atoms with Gasteiger partial charge in [0.25, 0.3) is 0 Å². The molecule has 0 aliphatic rings. The third-order valence-electron chi connectivity index (χ3n) is 1.99. The van der Waals surface area contributed by atoms with E-state index in [1.54, 1.807) is 0 Å². The van der Waals surface area contributed by atoms with E-state index in [1.807, 2.05) is 6.07 Å². The number of carbonyl (C=O) groups excluding carboxylic acids is 2. The van der Waals surface area contributed by atoms with Gasteiger partial charge in [0, 0.05) is 0 Å². The van der Waals surface area contributed by atoms with Gasteiger partial charge in [-0.15, -0.1) is 5.76 Å². The molecule has 0 aromatic heterocycles. The molecule has 20 heavy (non-hydrogen) atoms. The molecule has 0 N–H and O–H groups in total. The summed E-state index contributed by atoms with van der Waals surface area (Å²) in [5, 5.41) is 30.2. The van der Waals surface area contributed by atoms with Crippen molar-refractivity contribution in [2.45, 2.75) is 0 Å². The van der Waals surface area contributed by atoms with Gasteiger partial charge in [-0.3, -0.25) is 4.79 Å². The summed E-state index contributed by atoms with van der Waals surface area (Å²) < 4.78 is 0. The Balaban J connectivity index is 0. The number of carboxylic acids is 1. The average molecular weight is 287 g/mol. The van der Waals surface area contributed by atoms with Crippen molar-refractivity contribution in [3.05, 3.63) is 53.6 Å². The number of hydrogen-bond donors (Lipinski definition) is 0. The van der Waals surface area contributed by atoms with Gasteiger partial charge in [0.1, 0.15) is 5.97 Å². The van der Waals surface area contributed by atoms with Crippen LogP contribution in [0.25, 0.3) is 5.76 Å². The molecule has 0 bridgehead atoms. The molecule has 1 aromatic rings. The molecular formula is C13H7NNa2O4. The molecular weight excluding hydrogens is 280 g/mol. The third kappa shape index (κ3) is 7.06. The Labute approximate surface area is 160 Å². The second-order valence-electron chi connectivity index (χ2n) is 3.23. The standard InChI is InChI=1S/C13H9NO4.2Na/c14-8-9-4-6-10(7-5-9)11(15)2-1-3-12(16)13(17)18;;/h1-7,15H,(H,17,18);;/q;2*+1/p-2/b3-1+,11-2-;;. The molecule has 1 aromatic carbocycles. The molecule has 5 nitrogen and oxygen atoms in total. The van der Waals surface area contributed by atoms with Gasteiger partial charge in [0.15, 0.2) is 0 Å². The molecule has 0 saturated carbocycles. The first-order chi connectivity index (χ1) is 8.54. The summed E-state index contributed by atoms with van der Waals surface area (Å²) in [6.45, 7) is 0. The fourth-order valence-corrected chi connectivity index (χ4v) is 1.10. The van der Waals surface area contributed by atoms with Crippen LogP contribution in [0.15, 0.2) is 42.5 Å². The maximum absolute atomic E-state index is 11.5. The fraction of sp³-hybridized carbons (Fsp3) is 0. The van der Waals surface area contributed by atoms with E-state index in [2.05, 4.69) is 0 Å². The summed E-state index contributed by atoms with van der Waals surface area (Å²) in [5.41, 5.74) is 0.758. The summed E-state index contributed by atoms with van der Waals surface area (Å²) >= 11 is 0. The van der Waals surface area contributed by atoms with Gasteiger partial charge < -0.3 is 15.0 Å². The van der Waals surface area contributed by atoms with Gasteiger partial charge in [-0.25, -0.2) is 0 Å². The topological polar surface area (TPSA) is 104 Å². The van der Waals surface area contributed by atoms with E-state index in [1.165, 1.54) is 24.3 Å². The van der Waals surface area contributed by atoms with Gasteiger partial charge in [-0.05, 0) is 23.8 Å². The number of carbonyl (C=O) groups is 2. The fourth-order valence-electron chi connectivity index (χ4n) is 1.10. The number of allylic oxidation sites excluding steroid dienone is 2. The molecule has 0 spiro atoms. The van der Waals surface area contributed by atoms with Crippen LogP contribution in [-0.4, -0.2) is 11.8 Å². The van der Waals surface area contributed by atoms with Crippen molar-refractivity contribution in [3.8, 4) is 6.07 Å². The Morgan fingerprint density at radius 1 is 1.10 bits per heavy atom. The number of aliphatic carboxylic acids is 1. The molecule has 0 saturated heterocycles.